The van der Waals surface area contributed by atoms with E-state index in [2.05, 4.69) is 0 Å². The highest BCUT2D eigenvalue weighted by Crippen LogP contribution is 2.23. The van der Waals surface area contributed by atoms with Gasteiger partial charge in [-0.05, 0) is 25.0 Å². The summed E-state index contributed by atoms with van der Waals surface area (Å²) < 4.78 is 42.4. The van der Waals surface area contributed by atoms with Crippen molar-refractivity contribution >= 4 is 12.4 Å². The van der Waals surface area contributed by atoms with Gasteiger partial charge in [0, 0.05) is 0 Å². The first-order valence-corrected chi connectivity index (χ1v) is 4.22. The third-order valence-electron chi connectivity index (χ3n) is 2.26. The standard InChI is InChI=1S/C9H11BF3O/c1-6-4-5-8(10(11,12)13)9(14-3)7(6)2/h4-5H,1-3H3/q-1. The molecule has 5 heteroatoms. The second-order valence-corrected chi connectivity index (χ2v) is 3.20. The van der Waals surface area contributed by atoms with E-state index in [-0.39, 0.29) is 5.75 Å². The van der Waals surface area contributed by atoms with Crippen LogP contribution in [0.5, 0.6) is 5.75 Å². The van der Waals surface area contributed by atoms with Crippen LogP contribution in [-0.2, 0) is 0 Å². The number of hydrogen-bond acceptors (Lipinski definition) is 1. The lowest BCUT2D eigenvalue weighted by atomic mass is 9.78. The molecule has 1 nitrogen and oxygen atoms in total. The van der Waals surface area contributed by atoms with Crippen LogP contribution in [0.4, 0.5) is 12.9 Å². The quantitative estimate of drug-likeness (QED) is 0.670. The minimum absolute atomic E-state index is 0.0579. The van der Waals surface area contributed by atoms with Crippen molar-refractivity contribution in [2.24, 2.45) is 0 Å². The summed E-state index contributed by atoms with van der Waals surface area (Å²) in [5.74, 6) is -0.0579. The third-order valence-corrected chi connectivity index (χ3v) is 2.26. The maximum absolute atomic E-state index is 12.5. The van der Waals surface area contributed by atoms with Crippen molar-refractivity contribution in [2.45, 2.75) is 13.8 Å². The lowest BCUT2D eigenvalue weighted by molar-refractivity contribution is 0.409. The summed E-state index contributed by atoms with van der Waals surface area (Å²) >= 11 is 0. The van der Waals surface area contributed by atoms with Gasteiger partial charge in [0.25, 0.3) is 0 Å². The van der Waals surface area contributed by atoms with E-state index in [1.807, 2.05) is 0 Å². The topological polar surface area (TPSA) is 9.23 Å². The van der Waals surface area contributed by atoms with Crippen LogP contribution in [0, 0.1) is 13.8 Å². The molecule has 1 rings (SSSR count). The number of rotatable bonds is 2. The summed E-state index contributed by atoms with van der Waals surface area (Å²) in [5.41, 5.74) is 0.686. The van der Waals surface area contributed by atoms with Crippen LogP contribution in [-0.4, -0.2) is 14.1 Å². The summed E-state index contributed by atoms with van der Waals surface area (Å²) in [6.45, 7) is -1.62. The van der Waals surface area contributed by atoms with Crippen LogP contribution >= 0.6 is 0 Å². The molecule has 0 aromatic heterocycles. The van der Waals surface area contributed by atoms with E-state index in [1.54, 1.807) is 13.8 Å². The smallest absolute Gasteiger partial charge is 0.499 e. The molecule has 0 fully saturated rings. The first kappa shape index (κ1) is 11.0. The van der Waals surface area contributed by atoms with Gasteiger partial charge in [-0.25, -0.2) is 0 Å². The molecule has 1 aromatic rings. The number of methoxy groups -OCH3 is 1. The molecule has 78 valence electrons. The van der Waals surface area contributed by atoms with Gasteiger partial charge in [0.15, 0.2) is 0 Å². The highest BCUT2D eigenvalue weighted by atomic mass is 19.4. The summed E-state index contributed by atoms with van der Waals surface area (Å²) in [6, 6.07) is 2.53. The lowest BCUT2D eigenvalue weighted by Crippen LogP contribution is -2.35. The lowest BCUT2D eigenvalue weighted by Gasteiger charge is -2.21. The van der Waals surface area contributed by atoms with Gasteiger partial charge in [0.2, 0.25) is 0 Å². The first-order chi connectivity index (χ1) is 6.38. The molecule has 0 atom stereocenters. The van der Waals surface area contributed by atoms with Crippen LogP contribution in [0.2, 0.25) is 0 Å². The predicted octanol–water partition coefficient (Wildman–Crippen LogP) is 2.37. The molecule has 14 heavy (non-hydrogen) atoms. The van der Waals surface area contributed by atoms with Gasteiger partial charge in [-0.2, -0.15) is 0 Å². The minimum atomic E-state index is -5.00. The Kier molecular flexibility index (Phi) is 2.78. The third kappa shape index (κ3) is 1.86. The van der Waals surface area contributed by atoms with E-state index in [0.29, 0.717) is 5.56 Å². The fourth-order valence-corrected chi connectivity index (χ4v) is 1.34. The van der Waals surface area contributed by atoms with E-state index in [9.17, 15) is 12.9 Å². The molecule has 0 bridgehead atoms. The Morgan fingerprint density at radius 2 is 1.71 bits per heavy atom. The molecule has 0 radical (unpaired) electrons. The summed E-state index contributed by atoms with van der Waals surface area (Å²) in [4.78, 5) is 0. The normalized spacial score (nSPS) is 11.6. The van der Waals surface area contributed by atoms with Gasteiger partial charge in [-0.15, -0.1) is 0 Å². The van der Waals surface area contributed by atoms with Gasteiger partial charge in [-0.3, -0.25) is 0 Å². The Morgan fingerprint density at radius 3 is 2.14 bits per heavy atom. The van der Waals surface area contributed by atoms with Gasteiger partial charge in [0.05, 0.1) is 12.9 Å². The van der Waals surface area contributed by atoms with Gasteiger partial charge in [-0.1, -0.05) is 17.6 Å². The van der Waals surface area contributed by atoms with E-state index in [1.165, 1.54) is 13.2 Å². The Balaban J connectivity index is 3.39. The van der Waals surface area contributed by atoms with Crippen LogP contribution in [0.15, 0.2) is 12.1 Å². The highest BCUT2D eigenvalue weighted by molar-refractivity contribution is 6.74. The minimum Gasteiger partial charge on any atom is -0.499 e. The van der Waals surface area contributed by atoms with Crippen molar-refractivity contribution in [1.29, 1.82) is 0 Å². The van der Waals surface area contributed by atoms with Crippen molar-refractivity contribution in [2.75, 3.05) is 7.11 Å². The van der Waals surface area contributed by atoms with E-state index in [0.717, 1.165) is 11.6 Å². The van der Waals surface area contributed by atoms with Crippen LogP contribution in [0.1, 0.15) is 11.1 Å². The molecule has 0 saturated carbocycles. The number of ether oxygens (including phenoxy) is 1. The van der Waals surface area contributed by atoms with E-state index < -0.39 is 12.4 Å². The second kappa shape index (κ2) is 3.56. The Labute approximate surface area is 80.9 Å². The monoisotopic (exact) mass is 203 g/mol. The zero-order valence-corrected chi connectivity index (χ0v) is 8.27. The summed E-state index contributed by atoms with van der Waals surface area (Å²) in [6.07, 6.45) is 0. The fourth-order valence-electron chi connectivity index (χ4n) is 1.34. The molecule has 0 aliphatic rings. The average molecular weight is 203 g/mol. The zero-order valence-electron chi connectivity index (χ0n) is 8.27. The highest BCUT2D eigenvalue weighted by Gasteiger charge is 2.29. The van der Waals surface area contributed by atoms with Crippen LogP contribution < -0.4 is 10.2 Å². The second-order valence-electron chi connectivity index (χ2n) is 3.20. The van der Waals surface area contributed by atoms with Crippen molar-refractivity contribution < 1.29 is 17.7 Å². The first-order valence-electron chi connectivity index (χ1n) is 4.22. The largest absolute Gasteiger partial charge is 0.513 e. The average Bonchev–Trinajstić information content (AvgIpc) is 2.07. The number of benzene rings is 1. The molecule has 0 unspecified atom stereocenters. The van der Waals surface area contributed by atoms with Crippen LogP contribution in [0.25, 0.3) is 0 Å². The van der Waals surface area contributed by atoms with Gasteiger partial charge in [0.1, 0.15) is 0 Å². The van der Waals surface area contributed by atoms with Crippen molar-refractivity contribution in [3.05, 3.63) is 23.3 Å². The molecular formula is C9H11BF3O-. The summed E-state index contributed by atoms with van der Waals surface area (Å²) in [5, 5.41) is 0. The molecule has 1 aromatic carbocycles. The molecule has 0 amide bonds. The molecular weight excluding hydrogens is 192 g/mol. The van der Waals surface area contributed by atoms with Crippen LogP contribution in [0.3, 0.4) is 0 Å². The maximum Gasteiger partial charge on any atom is 0.513 e. The molecule has 0 aliphatic carbocycles. The van der Waals surface area contributed by atoms with Gasteiger partial charge >= 0.3 is 6.98 Å². The van der Waals surface area contributed by atoms with Crippen molar-refractivity contribution in [3.8, 4) is 5.75 Å². The van der Waals surface area contributed by atoms with E-state index >= 15 is 0 Å². The van der Waals surface area contributed by atoms with E-state index in [4.69, 9.17) is 4.74 Å². The number of aryl methyl sites for hydroxylation is 1. The Bertz CT molecular complexity index is 347. The molecule has 0 N–H and O–H groups in total. The SMILES string of the molecule is COc1c([B-](F)(F)F)ccc(C)c1C. The predicted molar refractivity (Wildman–Crippen MR) is 51.2 cm³/mol. The summed E-state index contributed by atoms with van der Waals surface area (Å²) in [7, 11) is 1.26. The van der Waals surface area contributed by atoms with Crippen molar-refractivity contribution in [1.82, 2.24) is 0 Å². The molecule has 0 heterocycles. The maximum atomic E-state index is 12.5. The zero-order chi connectivity index (χ0) is 10.9. The number of hydrogen-bond donors (Lipinski definition) is 0. The number of halogens is 3. The molecule has 0 spiro atoms. The fraction of sp³-hybridized carbons (Fsp3) is 0.333. The van der Waals surface area contributed by atoms with Crippen molar-refractivity contribution in [3.63, 3.8) is 0 Å². The molecule has 0 saturated heterocycles. The molecule has 0 aliphatic heterocycles. The van der Waals surface area contributed by atoms with Gasteiger partial charge < -0.3 is 17.7 Å². The Hall–Kier alpha value is -1.13. The Morgan fingerprint density at radius 1 is 1.14 bits per heavy atom.